The highest BCUT2D eigenvalue weighted by Crippen LogP contribution is 2.26. The van der Waals surface area contributed by atoms with Gasteiger partial charge in [-0.05, 0) is 34.5 Å². The van der Waals surface area contributed by atoms with E-state index < -0.39 is 0 Å². The van der Waals surface area contributed by atoms with E-state index in [4.69, 9.17) is 0 Å². The highest BCUT2D eigenvalue weighted by molar-refractivity contribution is 6.01. The number of fused-ring (bicyclic) bond motifs is 1. The van der Waals surface area contributed by atoms with E-state index in [9.17, 15) is 10.1 Å². The molecule has 0 fully saturated rings. The molecule has 3 nitrogen and oxygen atoms in total. The highest BCUT2D eigenvalue weighted by Gasteiger charge is 2.07. The Kier molecular flexibility index (Phi) is 4.40. The van der Waals surface area contributed by atoms with Crippen molar-refractivity contribution in [2.45, 2.75) is 0 Å². The maximum Gasteiger partial charge on any atom is 0.337 e. The van der Waals surface area contributed by atoms with Gasteiger partial charge in [0.2, 0.25) is 0 Å². The lowest BCUT2D eigenvalue weighted by Crippen LogP contribution is -2.00. The minimum absolute atomic E-state index is 0.375. The van der Waals surface area contributed by atoms with E-state index in [1.807, 2.05) is 48.5 Å². The second-order valence-corrected chi connectivity index (χ2v) is 5.31. The second kappa shape index (κ2) is 6.80. The fourth-order valence-corrected chi connectivity index (χ4v) is 2.63. The van der Waals surface area contributed by atoms with E-state index in [1.165, 1.54) is 7.11 Å². The molecule has 0 aliphatic carbocycles. The van der Waals surface area contributed by atoms with E-state index in [0.717, 1.165) is 21.9 Å². The van der Waals surface area contributed by atoms with Gasteiger partial charge in [-0.2, -0.15) is 5.26 Å². The molecule has 3 aromatic carbocycles. The average molecular weight is 313 g/mol. The molecule has 0 radical (unpaired) electrons. The standard InChI is InChI=1S/C21H15NO2/c1-24-21(23)17-11-9-15(10-12-17)13-18(14-22)20-8-4-6-16-5-2-3-7-19(16)20/h2-13H,1H3/b18-13-. The number of nitrogens with zero attached hydrogens (tertiary/aromatic N) is 1. The first-order chi connectivity index (χ1) is 11.7. The van der Waals surface area contributed by atoms with Crippen LogP contribution in [0.2, 0.25) is 0 Å². The number of ether oxygens (including phenoxy) is 1. The fraction of sp³-hybridized carbons (Fsp3) is 0.0476. The van der Waals surface area contributed by atoms with Crippen molar-refractivity contribution in [3.8, 4) is 6.07 Å². The van der Waals surface area contributed by atoms with Gasteiger partial charge in [0.15, 0.2) is 0 Å². The molecule has 0 bridgehead atoms. The molecule has 0 N–H and O–H groups in total. The van der Waals surface area contributed by atoms with E-state index in [1.54, 1.807) is 24.3 Å². The summed E-state index contributed by atoms with van der Waals surface area (Å²) >= 11 is 0. The zero-order valence-corrected chi connectivity index (χ0v) is 13.2. The van der Waals surface area contributed by atoms with Gasteiger partial charge < -0.3 is 4.74 Å². The summed E-state index contributed by atoms with van der Waals surface area (Å²) < 4.78 is 4.69. The van der Waals surface area contributed by atoms with Gasteiger partial charge >= 0.3 is 5.97 Å². The molecular weight excluding hydrogens is 298 g/mol. The van der Waals surface area contributed by atoms with Crippen molar-refractivity contribution >= 4 is 28.4 Å². The number of allylic oxidation sites excluding steroid dienone is 1. The highest BCUT2D eigenvalue weighted by atomic mass is 16.5. The lowest BCUT2D eigenvalue weighted by molar-refractivity contribution is 0.0600. The first-order valence-electron chi connectivity index (χ1n) is 7.51. The smallest absolute Gasteiger partial charge is 0.337 e. The SMILES string of the molecule is COC(=O)c1ccc(/C=C(/C#N)c2cccc3ccccc23)cc1. The zero-order chi connectivity index (χ0) is 16.9. The average Bonchev–Trinajstić information content (AvgIpc) is 2.65. The maximum absolute atomic E-state index is 11.5. The monoisotopic (exact) mass is 313 g/mol. The molecule has 0 heterocycles. The van der Waals surface area contributed by atoms with E-state index in [-0.39, 0.29) is 5.97 Å². The summed E-state index contributed by atoms with van der Waals surface area (Å²) in [5.74, 6) is -0.375. The third kappa shape index (κ3) is 3.04. The number of nitriles is 1. The molecule has 0 spiro atoms. The Morgan fingerprint density at radius 3 is 2.42 bits per heavy atom. The van der Waals surface area contributed by atoms with Gasteiger partial charge in [-0.3, -0.25) is 0 Å². The van der Waals surface area contributed by atoms with Crippen LogP contribution in [0.25, 0.3) is 22.4 Å². The summed E-state index contributed by atoms with van der Waals surface area (Å²) in [6.45, 7) is 0. The summed E-state index contributed by atoms with van der Waals surface area (Å²) in [5, 5.41) is 11.7. The number of rotatable bonds is 3. The van der Waals surface area contributed by atoms with Crippen LogP contribution >= 0.6 is 0 Å². The molecule has 0 amide bonds. The lowest BCUT2D eigenvalue weighted by Gasteiger charge is -2.06. The normalized spacial score (nSPS) is 11.1. The number of methoxy groups -OCH3 is 1. The van der Waals surface area contributed by atoms with Crippen molar-refractivity contribution in [1.29, 1.82) is 5.26 Å². The Balaban J connectivity index is 2.03. The molecule has 0 saturated carbocycles. The molecule has 3 aromatic rings. The topological polar surface area (TPSA) is 50.1 Å². The molecule has 0 atom stereocenters. The third-order valence-electron chi connectivity index (χ3n) is 3.84. The quantitative estimate of drug-likeness (QED) is 0.400. The number of carbonyl (C=O) groups excluding carboxylic acids is 1. The molecule has 0 saturated heterocycles. The second-order valence-electron chi connectivity index (χ2n) is 5.31. The molecule has 0 aromatic heterocycles. The van der Waals surface area contributed by atoms with Crippen LogP contribution in [0.4, 0.5) is 0 Å². The van der Waals surface area contributed by atoms with Crippen molar-refractivity contribution in [2.75, 3.05) is 7.11 Å². The molecule has 0 aliphatic rings. The summed E-state index contributed by atoms with van der Waals surface area (Å²) in [4.78, 5) is 11.5. The largest absolute Gasteiger partial charge is 0.465 e. The van der Waals surface area contributed by atoms with Crippen LogP contribution < -0.4 is 0 Å². The van der Waals surface area contributed by atoms with E-state index in [0.29, 0.717) is 11.1 Å². The van der Waals surface area contributed by atoms with Crippen molar-refractivity contribution in [3.63, 3.8) is 0 Å². The lowest BCUT2D eigenvalue weighted by atomic mass is 9.97. The molecule has 116 valence electrons. The molecule has 3 rings (SSSR count). The first-order valence-corrected chi connectivity index (χ1v) is 7.51. The predicted molar refractivity (Wildman–Crippen MR) is 95.2 cm³/mol. The van der Waals surface area contributed by atoms with Gasteiger partial charge in [0.25, 0.3) is 0 Å². The summed E-state index contributed by atoms with van der Waals surface area (Å²) in [7, 11) is 1.35. The number of carbonyl (C=O) groups is 1. The summed E-state index contributed by atoms with van der Waals surface area (Å²) in [6.07, 6.45) is 1.82. The molecular formula is C21H15NO2. The number of hydrogen-bond donors (Lipinski definition) is 0. The van der Waals surface area contributed by atoms with Crippen LogP contribution in [-0.4, -0.2) is 13.1 Å². The number of hydrogen-bond acceptors (Lipinski definition) is 3. The van der Waals surface area contributed by atoms with Gasteiger partial charge in [0, 0.05) is 5.56 Å². The Bertz CT molecular complexity index is 958. The summed E-state index contributed by atoms with van der Waals surface area (Å²) in [6, 6.07) is 23.2. The Labute approximate surface area is 140 Å². The van der Waals surface area contributed by atoms with Crippen LogP contribution in [0.3, 0.4) is 0 Å². The first kappa shape index (κ1) is 15.5. The van der Waals surface area contributed by atoms with E-state index in [2.05, 4.69) is 10.8 Å². The van der Waals surface area contributed by atoms with Crippen molar-refractivity contribution in [1.82, 2.24) is 0 Å². The van der Waals surface area contributed by atoms with Crippen molar-refractivity contribution < 1.29 is 9.53 Å². The number of benzene rings is 3. The van der Waals surface area contributed by atoms with Crippen molar-refractivity contribution in [2.24, 2.45) is 0 Å². The van der Waals surface area contributed by atoms with Crippen LogP contribution in [0.15, 0.2) is 66.7 Å². The van der Waals surface area contributed by atoms with E-state index >= 15 is 0 Å². The van der Waals surface area contributed by atoms with Crippen LogP contribution in [0.1, 0.15) is 21.5 Å². The van der Waals surface area contributed by atoms with Gasteiger partial charge in [-0.15, -0.1) is 0 Å². The zero-order valence-electron chi connectivity index (χ0n) is 13.2. The number of esters is 1. The molecule has 0 aliphatic heterocycles. The van der Waals surface area contributed by atoms with Gasteiger partial charge in [-0.25, -0.2) is 4.79 Å². The van der Waals surface area contributed by atoms with Crippen LogP contribution in [-0.2, 0) is 4.74 Å². The Morgan fingerprint density at radius 1 is 1.00 bits per heavy atom. The molecule has 3 heteroatoms. The van der Waals surface area contributed by atoms with Crippen LogP contribution in [0.5, 0.6) is 0 Å². The Morgan fingerprint density at radius 2 is 1.71 bits per heavy atom. The summed E-state index contributed by atoms with van der Waals surface area (Å²) in [5.41, 5.74) is 2.82. The van der Waals surface area contributed by atoms with Crippen molar-refractivity contribution in [3.05, 3.63) is 83.4 Å². The molecule has 0 unspecified atom stereocenters. The third-order valence-corrected chi connectivity index (χ3v) is 3.84. The molecule has 24 heavy (non-hydrogen) atoms. The van der Waals surface area contributed by atoms with Gasteiger partial charge in [0.05, 0.1) is 24.3 Å². The predicted octanol–water partition coefficient (Wildman–Crippen LogP) is 4.69. The fourth-order valence-electron chi connectivity index (χ4n) is 2.63. The van der Waals surface area contributed by atoms with Gasteiger partial charge in [-0.1, -0.05) is 54.6 Å². The van der Waals surface area contributed by atoms with Gasteiger partial charge in [0.1, 0.15) is 0 Å². The van der Waals surface area contributed by atoms with Crippen LogP contribution in [0, 0.1) is 11.3 Å². The minimum Gasteiger partial charge on any atom is -0.465 e. The minimum atomic E-state index is -0.375. The Hall–Kier alpha value is -3.38. The maximum atomic E-state index is 11.5.